The lowest BCUT2D eigenvalue weighted by molar-refractivity contribution is 0.0950. The van der Waals surface area contributed by atoms with E-state index < -0.39 is 5.91 Å². The van der Waals surface area contributed by atoms with E-state index in [9.17, 15) is 9.90 Å². The monoisotopic (exact) mass is 336 g/mol. The van der Waals surface area contributed by atoms with Crippen molar-refractivity contribution in [2.45, 2.75) is 0 Å². The quantitative estimate of drug-likeness (QED) is 0.492. The third kappa shape index (κ3) is 3.84. The number of hydrogen-bond donors (Lipinski definition) is 3. The number of benzene rings is 2. The van der Waals surface area contributed by atoms with Gasteiger partial charge in [-0.1, -0.05) is 12.1 Å². The highest BCUT2D eigenvalue weighted by Gasteiger charge is 2.13. The van der Waals surface area contributed by atoms with Gasteiger partial charge in [0.25, 0.3) is 5.91 Å². The van der Waals surface area contributed by atoms with Crippen LogP contribution in [0.4, 0.5) is 0 Å². The Bertz CT molecular complexity index is 901. The lowest BCUT2D eigenvalue weighted by atomic mass is 10.1. The summed E-state index contributed by atoms with van der Waals surface area (Å²) in [6, 6.07) is 15.5. The second kappa shape index (κ2) is 7.31. The molecule has 0 fully saturated rings. The molecule has 0 aliphatic carbocycles. The van der Waals surface area contributed by atoms with Crippen molar-refractivity contribution in [1.82, 2.24) is 15.6 Å². The number of aromatic nitrogens is 2. The van der Waals surface area contributed by atoms with Crippen molar-refractivity contribution in [3.05, 3.63) is 65.9 Å². The summed E-state index contributed by atoms with van der Waals surface area (Å²) < 4.78 is 5.30. The smallest absolute Gasteiger partial charge is 0.289 e. The van der Waals surface area contributed by atoms with Crippen LogP contribution in [0.1, 0.15) is 16.1 Å². The molecule has 126 valence electrons. The minimum absolute atomic E-state index is 0.169. The van der Waals surface area contributed by atoms with Gasteiger partial charge in [0.2, 0.25) is 0 Å². The van der Waals surface area contributed by atoms with E-state index in [0.717, 1.165) is 11.1 Å². The van der Waals surface area contributed by atoms with Crippen LogP contribution in [-0.4, -0.2) is 34.5 Å². The Morgan fingerprint density at radius 1 is 1.24 bits per heavy atom. The van der Waals surface area contributed by atoms with Gasteiger partial charge in [-0.05, 0) is 48.0 Å². The molecule has 7 heteroatoms. The van der Waals surface area contributed by atoms with Gasteiger partial charge in [0.1, 0.15) is 17.2 Å². The molecular weight excluding hydrogens is 320 g/mol. The predicted molar refractivity (Wildman–Crippen MR) is 93.7 cm³/mol. The highest BCUT2D eigenvalue weighted by atomic mass is 16.5. The van der Waals surface area contributed by atoms with Crippen LogP contribution in [0.5, 0.6) is 11.5 Å². The van der Waals surface area contributed by atoms with E-state index in [1.165, 1.54) is 18.3 Å². The molecule has 3 aromatic rings. The summed E-state index contributed by atoms with van der Waals surface area (Å²) >= 11 is 0. The Balaban J connectivity index is 1.69. The Hall–Kier alpha value is -3.61. The zero-order valence-corrected chi connectivity index (χ0v) is 13.4. The van der Waals surface area contributed by atoms with Crippen LogP contribution < -0.4 is 10.2 Å². The molecule has 1 heterocycles. The standard InChI is InChI=1S/C18H16N4O3/c1-25-17-5-3-2-4-14(17)15-10-16(21-20-15)18(24)22-19-11-12-6-8-13(23)9-7-12/h2-11,23H,1H3,(H,20,21)(H,22,24)/b19-11-. The summed E-state index contributed by atoms with van der Waals surface area (Å²) in [6.07, 6.45) is 1.48. The first-order valence-electron chi connectivity index (χ1n) is 7.48. The van der Waals surface area contributed by atoms with E-state index in [4.69, 9.17) is 4.74 Å². The highest BCUT2D eigenvalue weighted by Crippen LogP contribution is 2.28. The summed E-state index contributed by atoms with van der Waals surface area (Å²) in [7, 11) is 1.58. The number of methoxy groups -OCH3 is 1. The van der Waals surface area contributed by atoms with E-state index in [1.54, 1.807) is 25.3 Å². The van der Waals surface area contributed by atoms with Gasteiger partial charge in [-0.3, -0.25) is 9.89 Å². The maximum absolute atomic E-state index is 12.1. The number of nitrogens with one attached hydrogen (secondary N) is 2. The molecule has 3 N–H and O–H groups in total. The van der Waals surface area contributed by atoms with Crippen LogP contribution in [0.25, 0.3) is 11.3 Å². The van der Waals surface area contributed by atoms with Gasteiger partial charge in [-0.25, -0.2) is 5.43 Å². The van der Waals surface area contributed by atoms with Crippen LogP contribution in [0.3, 0.4) is 0 Å². The molecule has 0 spiro atoms. The minimum Gasteiger partial charge on any atom is -0.508 e. The number of hydrogen-bond acceptors (Lipinski definition) is 5. The van der Waals surface area contributed by atoms with E-state index in [0.29, 0.717) is 11.4 Å². The third-order valence-corrected chi connectivity index (χ3v) is 3.48. The number of ether oxygens (including phenoxy) is 1. The fraction of sp³-hybridized carbons (Fsp3) is 0.0556. The average Bonchev–Trinajstić information content (AvgIpc) is 3.13. The molecule has 1 amide bonds. The summed E-state index contributed by atoms with van der Waals surface area (Å²) in [5, 5.41) is 19.9. The molecule has 3 rings (SSSR count). The summed E-state index contributed by atoms with van der Waals surface area (Å²) in [6.45, 7) is 0. The van der Waals surface area contributed by atoms with E-state index in [-0.39, 0.29) is 11.4 Å². The van der Waals surface area contributed by atoms with Crippen molar-refractivity contribution in [1.29, 1.82) is 0 Å². The van der Waals surface area contributed by atoms with Crippen LogP contribution in [0.15, 0.2) is 59.7 Å². The molecule has 0 unspecified atom stereocenters. The van der Waals surface area contributed by atoms with Crippen molar-refractivity contribution in [2.75, 3.05) is 7.11 Å². The minimum atomic E-state index is -0.413. The first kappa shape index (κ1) is 16.3. The zero-order chi connectivity index (χ0) is 17.6. The second-order valence-electron chi connectivity index (χ2n) is 5.16. The SMILES string of the molecule is COc1ccccc1-c1cc(C(=O)N/N=C\c2ccc(O)cc2)[nH]n1. The third-order valence-electron chi connectivity index (χ3n) is 3.48. The largest absolute Gasteiger partial charge is 0.508 e. The van der Waals surface area contributed by atoms with E-state index in [1.807, 2.05) is 24.3 Å². The highest BCUT2D eigenvalue weighted by molar-refractivity contribution is 5.94. The molecule has 0 bridgehead atoms. The number of rotatable bonds is 5. The first-order chi connectivity index (χ1) is 12.2. The molecule has 2 aromatic carbocycles. The normalized spacial score (nSPS) is 10.8. The summed E-state index contributed by atoms with van der Waals surface area (Å²) in [5.74, 6) is 0.428. The lowest BCUT2D eigenvalue weighted by Crippen LogP contribution is -2.17. The number of hydrazone groups is 1. The molecule has 0 aliphatic heterocycles. The molecule has 0 atom stereocenters. The van der Waals surface area contributed by atoms with Crippen LogP contribution in [-0.2, 0) is 0 Å². The van der Waals surface area contributed by atoms with Crippen molar-refractivity contribution in [3.8, 4) is 22.8 Å². The Morgan fingerprint density at radius 2 is 2.00 bits per heavy atom. The fourth-order valence-corrected chi connectivity index (χ4v) is 2.22. The number of aromatic hydroxyl groups is 1. The average molecular weight is 336 g/mol. The number of carbonyl (C=O) groups is 1. The molecule has 1 aromatic heterocycles. The van der Waals surface area contributed by atoms with E-state index >= 15 is 0 Å². The number of phenolic OH excluding ortho intramolecular Hbond substituents is 1. The fourth-order valence-electron chi connectivity index (χ4n) is 2.22. The number of aromatic amines is 1. The Kier molecular flexibility index (Phi) is 4.75. The maximum Gasteiger partial charge on any atom is 0.289 e. The van der Waals surface area contributed by atoms with Crippen molar-refractivity contribution < 1.29 is 14.6 Å². The lowest BCUT2D eigenvalue weighted by Gasteiger charge is -2.04. The molecule has 7 nitrogen and oxygen atoms in total. The molecule has 0 aliphatic rings. The van der Waals surface area contributed by atoms with Gasteiger partial charge in [-0.15, -0.1) is 0 Å². The van der Waals surface area contributed by atoms with Crippen LogP contribution in [0, 0.1) is 0 Å². The predicted octanol–water partition coefficient (Wildman–Crippen LogP) is 2.55. The van der Waals surface area contributed by atoms with Gasteiger partial charge >= 0.3 is 0 Å². The second-order valence-corrected chi connectivity index (χ2v) is 5.16. The number of para-hydroxylation sites is 1. The maximum atomic E-state index is 12.1. The Labute approximate surface area is 144 Å². The Morgan fingerprint density at radius 3 is 2.76 bits per heavy atom. The molecule has 0 saturated heterocycles. The zero-order valence-electron chi connectivity index (χ0n) is 13.4. The molecule has 25 heavy (non-hydrogen) atoms. The molecule has 0 saturated carbocycles. The van der Waals surface area contributed by atoms with Crippen LogP contribution >= 0.6 is 0 Å². The first-order valence-corrected chi connectivity index (χ1v) is 7.48. The van der Waals surface area contributed by atoms with Crippen molar-refractivity contribution in [3.63, 3.8) is 0 Å². The summed E-state index contributed by atoms with van der Waals surface area (Å²) in [5.41, 5.74) is 4.84. The summed E-state index contributed by atoms with van der Waals surface area (Å²) in [4.78, 5) is 12.1. The number of amides is 1. The van der Waals surface area contributed by atoms with Crippen LogP contribution in [0.2, 0.25) is 0 Å². The van der Waals surface area contributed by atoms with Crippen molar-refractivity contribution in [2.24, 2.45) is 5.10 Å². The van der Waals surface area contributed by atoms with Crippen molar-refractivity contribution >= 4 is 12.1 Å². The van der Waals surface area contributed by atoms with Gasteiger partial charge < -0.3 is 9.84 Å². The number of H-pyrrole nitrogens is 1. The number of phenols is 1. The number of carbonyl (C=O) groups excluding carboxylic acids is 1. The molecular formula is C18H16N4O3. The van der Waals surface area contributed by atoms with Gasteiger partial charge in [0.15, 0.2) is 0 Å². The van der Waals surface area contributed by atoms with E-state index in [2.05, 4.69) is 20.7 Å². The van der Waals surface area contributed by atoms with Gasteiger partial charge in [-0.2, -0.15) is 10.2 Å². The van der Waals surface area contributed by atoms with Gasteiger partial charge in [0, 0.05) is 5.56 Å². The van der Waals surface area contributed by atoms with Gasteiger partial charge in [0.05, 0.1) is 19.0 Å². The molecule has 0 radical (unpaired) electrons. The number of nitrogens with zero attached hydrogens (tertiary/aromatic N) is 2. The topological polar surface area (TPSA) is 99.6 Å².